The first-order valence-electron chi connectivity index (χ1n) is 9.23. The fourth-order valence-electron chi connectivity index (χ4n) is 3.54. The first-order chi connectivity index (χ1) is 14.6. The molecule has 0 aliphatic heterocycles. The highest BCUT2D eigenvalue weighted by Crippen LogP contribution is 2.41. The minimum atomic E-state index is -0.435. The molecule has 7 heteroatoms. The van der Waals surface area contributed by atoms with Crippen molar-refractivity contribution >= 4 is 44.4 Å². The van der Waals surface area contributed by atoms with E-state index >= 15 is 0 Å². The first kappa shape index (κ1) is 18.2. The number of carbonyl (C=O) groups is 1. The zero-order valence-electron chi connectivity index (χ0n) is 15.6. The van der Waals surface area contributed by atoms with Crippen LogP contribution >= 0.6 is 11.3 Å². The van der Waals surface area contributed by atoms with Crippen molar-refractivity contribution in [2.24, 2.45) is 0 Å². The highest BCUT2D eigenvalue weighted by atomic mass is 32.1. The third kappa shape index (κ3) is 2.96. The average molecular weight is 414 g/mol. The Morgan fingerprint density at radius 1 is 0.933 bits per heavy atom. The summed E-state index contributed by atoms with van der Waals surface area (Å²) in [4.78, 5) is 28.7. The molecule has 0 spiro atoms. The molecule has 0 fully saturated rings. The molecule has 1 aromatic heterocycles. The van der Waals surface area contributed by atoms with Gasteiger partial charge in [-0.1, -0.05) is 48.5 Å². The standard InChI is InChI=1S/C23H14N2O4S/c26-21-15-8-2-3-9-16(15)22(29-13-14-7-1-5-11-18(14)25(27)28)20(21)23-24-17-10-4-6-12-19(17)30-23/h1-12H,13H2. The molecule has 6 nitrogen and oxygen atoms in total. The van der Waals surface area contributed by atoms with Crippen LogP contribution in [0.3, 0.4) is 0 Å². The summed E-state index contributed by atoms with van der Waals surface area (Å²) >= 11 is 1.42. The fourth-order valence-corrected chi connectivity index (χ4v) is 4.54. The highest BCUT2D eigenvalue weighted by Gasteiger charge is 2.34. The van der Waals surface area contributed by atoms with Crippen LogP contribution in [0, 0.1) is 10.1 Å². The minimum Gasteiger partial charge on any atom is -0.487 e. The molecule has 1 aliphatic carbocycles. The molecule has 0 radical (unpaired) electrons. The number of ether oxygens (including phenoxy) is 1. The van der Waals surface area contributed by atoms with E-state index in [1.54, 1.807) is 30.3 Å². The highest BCUT2D eigenvalue weighted by molar-refractivity contribution is 7.20. The van der Waals surface area contributed by atoms with Gasteiger partial charge in [0.05, 0.1) is 20.7 Å². The van der Waals surface area contributed by atoms with Gasteiger partial charge in [-0.05, 0) is 18.2 Å². The van der Waals surface area contributed by atoms with Crippen molar-refractivity contribution in [2.75, 3.05) is 0 Å². The van der Waals surface area contributed by atoms with E-state index in [1.807, 2.05) is 36.4 Å². The van der Waals surface area contributed by atoms with Gasteiger partial charge in [-0.15, -0.1) is 11.3 Å². The van der Waals surface area contributed by atoms with Crippen molar-refractivity contribution in [2.45, 2.75) is 6.61 Å². The summed E-state index contributed by atoms with van der Waals surface area (Å²) < 4.78 is 7.03. The van der Waals surface area contributed by atoms with E-state index in [4.69, 9.17) is 4.74 Å². The van der Waals surface area contributed by atoms with E-state index in [9.17, 15) is 14.9 Å². The molecule has 0 amide bonds. The molecule has 0 atom stereocenters. The molecule has 30 heavy (non-hydrogen) atoms. The van der Waals surface area contributed by atoms with E-state index in [0.29, 0.717) is 33.0 Å². The number of benzene rings is 3. The Kier molecular flexibility index (Phi) is 4.37. The van der Waals surface area contributed by atoms with E-state index in [0.717, 1.165) is 10.2 Å². The number of nitro benzene ring substituents is 1. The second-order valence-electron chi connectivity index (χ2n) is 6.74. The number of rotatable bonds is 5. The molecule has 0 saturated heterocycles. The van der Waals surface area contributed by atoms with Crippen LogP contribution in [0.5, 0.6) is 0 Å². The molecule has 0 N–H and O–H groups in total. The van der Waals surface area contributed by atoms with Crippen LogP contribution in [0.25, 0.3) is 21.5 Å². The zero-order chi connectivity index (χ0) is 20.7. The summed E-state index contributed by atoms with van der Waals surface area (Å²) in [5.41, 5.74) is 2.86. The van der Waals surface area contributed by atoms with Crippen LogP contribution in [0.4, 0.5) is 5.69 Å². The summed E-state index contributed by atoms with van der Waals surface area (Å²) in [6.07, 6.45) is 0. The third-order valence-electron chi connectivity index (χ3n) is 4.94. The van der Waals surface area contributed by atoms with E-state index < -0.39 is 4.92 Å². The molecular weight excluding hydrogens is 400 g/mol. The number of nitrogens with zero attached hydrogens (tertiary/aromatic N) is 2. The normalized spacial score (nSPS) is 13.0. The van der Waals surface area contributed by atoms with E-state index in [2.05, 4.69) is 4.98 Å². The molecule has 3 aromatic carbocycles. The van der Waals surface area contributed by atoms with Gasteiger partial charge in [0.2, 0.25) is 5.78 Å². The molecule has 0 saturated carbocycles. The van der Waals surface area contributed by atoms with E-state index in [-0.39, 0.29) is 18.1 Å². The molecule has 5 rings (SSSR count). The number of hydrogen-bond donors (Lipinski definition) is 0. The number of allylic oxidation sites excluding steroid dienone is 1. The topological polar surface area (TPSA) is 82.3 Å². The molecule has 1 heterocycles. The minimum absolute atomic E-state index is 0.0164. The number of thiazole rings is 1. The van der Waals surface area contributed by atoms with Gasteiger partial charge in [0, 0.05) is 17.2 Å². The maximum absolute atomic E-state index is 13.2. The van der Waals surface area contributed by atoms with Crippen molar-refractivity contribution in [1.82, 2.24) is 4.98 Å². The maximum Gasteiger partial charge on any atom is 0.276 e. The van der Waals surface area contributed by atoms with Gasteiger partial charge in [-0.2, -0.15) is 0 Å². The lowest BCUT2D eigenvalue weighted by atomic mass is 10.1. The number of ketones is 1. The Labute approximate surface area is 175 Å². The second-order valence-corrected chi connectivity index (χ2v) is 7.77. The molecular formula is C23H14N2O4S. The second kappa shape index (κ2) is 7.20. The van der Waals surface area contributed by atoms with Gasteiger partial charge in [0.15, 0.2) is 0 Å². The lowest BCUT2D eigenvalue weighted by Crippen LogP contribution is -2.00. The molecule has 146 valence electrons. The Balaban J connectivity index is 1.61. The number of hydrogen-bond acceptors (Lipinski definition) is 6. The van der Waals surface area contributed by atoms with Gasteiger partial charge in [-0.25, -0.2) is 4.98 Å². The number of aromatic nitrogens is 1. The first-order valence-corrected chi connectivity index (χ1v) is 10.0. The summed E-state index contributed by atoms with van der Waals surface area (Å²) in [5, 5.41) is 11.9. The number of carbonyl (C=O) groups excluding carboxylic acids is 1. The largest absolute Gasteiger partial charge is 0.487 e. The van der Waals surface area contributed by atoms with Crippen molar-refractivity contribution in [3.8, 4) is 0 Å². The average Bonchev–Trinajstić information content (AvgIpc) is 3.31. The SMILES string of the molecule is O=C1C(c2nc3ccccc3s2)=C(OCc2ccccc2[N+](=O)[O-])c2ccccc21. The van der Waals surface area contributed by atoms with Crippen molar-refractivity contribution in [3.05, 3.63) is 105 Å². The third-order valence-corrected chi connectivity index (χ3v) is 5.99. The predicted molar refractivity (Wildman–Crippen MR) is 115 cm³/mol. The monoisotopic (exact) mass is 414 g/mol. The van der Waals surface area contributed by atoms with Crippen LogP contribution in [0.15, 0.2) is 72.8 Å². The maximum atomic E-state index is 13.2. The van der Waals surface area contributed by atoms with Gasteiger partial charge in [0.1, 0.15) is 22.9 Å². The summed E-state index contributed by atoms with van der Waals surface area (Å²) in [5.74, 6) is 0.259. The van der Waals surface area contributed by atoms with Gasteiger partial charge < -0.3 is 4.74 Å². The van der Waals surface area contributed by atoms with Gasteiger partial charge in [0.25, 0.3) is 5.69 Å². The van der Waals surface area contributed by atoms with Crippen molar-refractivity contribution < 1.29 is 14.5 Å². The number of para-hydroxylation sites is 2. The molecule has 0 bridgehead atoms. The zero-order valence-corrected chi connectivity index (χ0v) is 16.4. The van der Waals surface area contributed by atoms with Crippen LogP contribution < -0.4 is 0 Å². The van der Waals surface area contributed by atoms with Crippen LogP contribution in [0.1, 0.15) is 26.5 Å². The Morgan fingerprint density at radius 3 is 2.43 bits per heavy atom. The Bertz CT molecular complexity index is 1320. The Hall–Kier alpha value is -3.84. The summed E-state index contributed by atoms with van der Waals surface area (Å²) in [6.45, 7) is -0.0253. The van der Waals surface area contributed by atoms with Gasteiger partial charge >= 0.3 is 0 Å². The summed E-state index contributed by atoms with van der Waals surface area (Å²) in [6, 6.07) is 21.3. The van der Waals surface area contributed by atoms with Crippen LogP contribution in [-0.4, -0.2) is 15.7 Å². The molecule has 1 aliphatic rings. The fraction of sp³-hybridized carbons (Fsp3) is 0.0435. The quantitative estimate of drug-likeness (QED) is 0.319. The molecule has 4 aromatic rings. The lowest BCUT2D eigenvalue weighted by molar-refractivity contribution is -0.385. The van der Waals surface area contributed by atoms with Crippen LogP contribution in [-0.2, 0) is 11.3 Å². The predicted octanol–water partition coefficient (Wildman–Crippen LogP) is 5.49. The lowest BCUT2D eigenvalue weighted by Gasteiger charge is -2.10. The van der Waals surface area contributed by atoms with Crippen LogP contribution in [0.2, 0.25) is 0 Å². The smallest absolute Gasteiger partial charge is 0.276 e. The molecule has 0 unspecified atom stereocenters. The Morgan fingerprint density at radius 2 is 1.63 bits per heavy atom. The summed E-state index contributed by atoms with van der Waals surface area (Å²) in [7, 11) is 0. The van der Waals surface area contributed by atoms with Crippen molar-refractivity contribution in [3.63, 3.8) is 0 Å². The van der Waals surface area contributed by atoms with Gasteiger partial charge in [-0.3, -0.25) is 14.9 Å². The van der Waals surface area contributed by atoms with E-state index in [1.165, 1.54) is 17.4 Å². The number of nitro groups is 1. The number of fused-ring (bicyclic) bond motifs is 2. The van der Waals surface area contributed by atoms with Crippen molar-refractivity contribution in [1.29, 1.82) is 0 Å². The number of Topliss-reactive ketones (excluding diaryl/α,β-unsaturated/α-hetero) is 1.